The van der Waals surface area contributed by atoms with Gasteiger partial charge < -0.3 is 20.1 Å². The van der Waals surface area contributed by atoms with E-state index < -0.39 is 12.0 Å². The zero-order valence-electron chi connectivity index (χ0n) is 25.3. The van der Waals surface area contributed by atoms with Gasteiger partial charge in [0.1, 0.15) is 35.0 Å². The minimum Gasteiger partial charge on any atom is -0.508 e. The van der Waals surface area contributed by atoms with Crippen molar-refractivity contribution in [3.63, 3.8) is 0 Å². The molecule has 1 saturated carbocycles. The minimum absolute atomic E-state index is 0.0343. The fourth-order valence-electron chi connectivity index (χ4n) is 7.49. The van der Waals surface area contributed by atoms with Crippen LogP contribution in [0.4, 0.5) is 14.6 Å². The fourth-order valence-corrected chi connectivity index (χ4v) is 7.49. The van der Waals surface area contributed by atoms with Crippen LogP contribution in [0.15, 0.2) is 30.3 Å². The van der Waals surface area contributed by atoms with Crippen molar-refractivity contribution >= 4 is 27.6 Å². The molecular weight excluding hydrogens is 588 g/mol. The number of hydrogen-bond acceptors (Lipinski definition) is 9. The fraction of sp³-hybridized carbons (Fsp3) is 0.429. The van der Waals surface area contributed by atoms with E-state index in [2.05, 4.69) is 27.1 Å². The summed E-state index contributed by atoms with van der Waals surface area (Å²) in [5.74, 6) is 2.40. The molecule has 1 aliphatic carbocycles. The van der Waals surface area contributed by atoms with Gasteiger partial charge in [-0.25, -0.2) is 13.8 Å². The average molecular weight is 622 g/mol. The van der Waals surface area contributed by atoms with Gasteiger partial charge in [0, 0.05) is 61.2 Å². The molecular formula is C35H33F2N7O2. The molecule has 2 aromatic heterocycles. The monoisotopic (exact) mass is 621 g/mol. The number of nitriles is 1. The molecule has 8 rings (SSSR count). The van der Waals surface area contributed by atoms with E-state index in [1.165, 1.54) is 18.2 Å². The normalized spacial score (nSPS) is 23.5. The van der Waals surface area contributed by atoms with E-state index in [9.17, 15) is 19.1 Å². The van der Waals surface area contributed by atoms with Crippen LogP contribution >= 0.6 is 0 Å². The van der Waals surface area contributed by atoms with Crippen LogP contribution in [0.3, 0.4) is 0 Å². The van der Waals surface area contributed by atoms with Gasteiger partial charge in [-0.2, -0.15) is 15.2 Å². The number of fused-ring (bicyclic) bond motifs is 4. The Labute approximate surface area is 265 Å². The molecule has 0 radical (unpaired) electrons. The van der Waals surface area contributed by atoms with Crippen molar-refractivity contribution in [2.75, 3.05) is 44.2 Å². The minimum atomic E-state index is -0.769. The molecule has 4 fully saturated rings. The second-order valence-electron chi connectivity index (χ2n) is 13.3. The number of benzene rings is 2. The number of aromatic nitrogens is 3. The second kappa shape index (κ2) is 11.0. The van der Waals surface area contributed by atoms with Gasteiger partial charge in [-0.05, 0) is 67.3 Å². The molecule has 3 aliphatic heterocycles. The number of aromatic hydroxyl groups is 1. The number of alkyl halides is 1. The SMILES string of the molecule is C#Cc1c(F)ccc2cc(O)cc(-c3cc4nc(OCC5(CN6CC[C@@H](F)C6)CC5)nc(N5CC6CCC(C5)N6)c4nc3C#N)c12. The van der Waals surface area contributed by atoms with Gasteiger partial charge in [-0.15, -0.1) is 6.42 Å². The molecule has 0 spiro atoms. The Bertz CT molecular complexity index is 1960. The first-order chi connectivity index (χ1) is 22.3. The lowest BCUT2D eigenvalue weighted by atomic mass is 9.93. The molecule has 46 heavy (non-hydrogen) atoms. The Morgan fingerprint density at radius 3 is 2.57 bits per heavy atom. The van der Waals surface area contributed by atoms with Gasteiger partial charge in [-0.1, -0.05) is 12.0 Å². The predicted octanol–water partition coefficient (Wildman–Crippen LogP) is 4.69. The van der Waals surface area contributed by atoms with Gasteiger partial charge in [0.05, 0.1) is 17.7 Å². The maximum absolute atomic E-state index is 14.9. The second-order valence-corrected chi connectivity index (χ2v) is 13.3. The van der Waals surface area contributed by atoms with E-state index >= 15 is 0 Å². The van der Waals surface area contributed by atoms with Crippen LogP contribution < -0.4 is 15.0 Å². The Kier molecular flexibility index (Phi) is 6.93. The third-order valence-electron chi connectivity index (χ3n) is 9.98. The smallest absolute Gasteiger partial charge is 0.319 e. The number of phenols is 1. The summed E-state index contributed by atoms with van der Waals surface area (Å²) in [7, 11) is 0. The molecule has 9 nitrogen and oxygen atoms in total. The summed E-state index contributed by atoms with van der Waals surface area (Å²) < 4.78 is 35.1. The van der Waals surface area contributed by atoms with Gasteiger partial charge in [-0.3, -0.25) is 4.90 Å². The molecule has 2 aromatic carbocycles. The Morgan fingerprint density at radius 2 is 1.87 bits per heavy atom. The largest absolute Gasteiger partial charge is 0.508 e. The van der Waals surface area contributed by atoms with Gasteiger partial charge >= 0.3 is 6.01 Å². The van der Waals surface area contributed by atoms with Crippen LogP contribution in [-0.4, -0.2) is 82.5 Å². The third kappa shape index (κ3) is 5.14. The quantitative estimate of drug-likeness (QED) is 0.284. The highest BCUT2D eigenvalue weighted by atomic mass is 19.1. The highest BCUT2D eigenvalue weighted by molar-refractivity contribution is 6.04. The van der Waals surface area contributed by atoms with Gasteiger partial charge in [0.25, 0.3) is 0 Å². The molecule has 3 saturated heterocycles. The maximum atomic E-state index is 14.9. The first-order valence-corrected chi connectivity index (χ1v) is 15.9. The number of halogens is 2. The van der Waals surface area contributed by atoms with Crippen LogP contribution in [0.25, 0.3) is 32.9 Å². The molecule has 2 unspecified atom stereocenters. The summed E-state index contributed by atoms with van der Waals surface area (Å²) in [6.45, 7) is 3.89. The zero-order chi connectivity index (χ0) is 31.6. The summed E-state index contributed by atoms with van der Waals surface area (Å²) in [4.78, 5) is 18.8. The first kappa shape index (κ1) is 28.9. The van der Waals surface area contributed by atoms with Crippen molar-refractivity contribution < 1.29 is 18.6 Å². The van der Waals surface area contributed by atoms with Gasteiger partial charge in [0.15, 0.2) is 5.82 Å². The summed E-state index contributed by atoms with van der Waals surface area (Å²) in [5.41, 5.74) is 1.73. The number of phenolic OH excluding ortho intramolecular Hbond substituents is 1. The third-order valence-corrected chi connectivity index (χ3v) is 9.98. The number of rotatable bonds is 7. The summed E-state index contributed by atoms with van der Waals surface area (Å²) in [5, 5.41) is 25.5. The van der Waals surface area contributed by atoms with Crippen molar-refractivity contribution in [2.45, 2.75) is 50.4 Å². The first-order valence-electron chi connectivity index (χ1n) is 15.9. The average Bonchev–Trinajstić information content (AvgIpc) is 3.57. The lowest BCUT2D eigenvalue weighted by Gasteiger charge is -2.34. The number of terminal acetylenes is 1. The maximum Gasteiger partial charge on any atom is 0.319 e. The standard InChI is InChI=1S/C35H33F2N7O2/c1-2-25-28(37)6-3-20-11-24(45)12-27(31(20)25)26-13-29-32(40-30(26)14-38)33(44-16-22-4-5-23(17-44)39-22)42-34(41-29)46-19-35(8-9-35)18-43-10-7-21(36)15-43/h1,3,6,11-13,21-23,39,45H,4-5,7-10,15-19H2/t21-,22?,23?/m1/s1. The predicted molar refractivity (Wildman–Crippen MR) is 170 cm³/mol. The molecule has 2 bridgehead atoms. The highest BCUT2D eigenvalue weighted by Crippen LogP contribution is 2.47. The lowest BCUT2D eigenvalue weighted by Crippen LogP contribution is -2.51. The van der Waals surface area contributed by atoms with Gasteiger partial charge in [0.2, 0.25) is 0 Å². The van der Waals surface area contributed by atoms with Crippen LogP contribution in [0.5, 0.6) is 11.8 Å². The molecule has 234 valence electrons. The molecule has 11 heteroatoms. The van der Waals surface area contributed by atoms with E-state index in [1.807, 2.05) is 0 Å². The topological polar surface area (TPSA) is 110 Å². The van der Waals surface area contributed by atoms with Crippen LogP contribution in [0.1, 0.15) is 43.4 Å². The number of anilines is 1. The van der Waals surface area contributed by atoms with Crippen LogP contribution in [-0.2, 0) is 0 Å². The molecule has 4 aliphatic rings. The van der Waals surface area contributed by atoms with Crippen molar-refractivity contribution in [3.05, 3.63) is 47.4 Å². The number of ether oxygens (including phenoxy) is 1. The summed E-state index contributed by atoms with van der Waals surface area (Å²) in [6.07, 6.45) is 9.69. The van der Waals surface area contributed by atoms with Crippen molar-refractivity contribution in [1.82, 2.24) is 25.2 Å². The van der Waals surface area contributed by atoms with Crippen molar-refractivity contribution in [2.24, 2.45) is 5.41 Å². The summed E-state index contributed by atoms with van der Waals surface area (Å²) in [6, 6.07) is 10.6. The van der Waals surface area contributed by atoms with Crippen LogP contribution in [0.2, 0.25) is 0 Å². The number of nitrogens with zero attached hydrogens (tertiary/aromatic N) is 6. The van der Waals surface area contributed by atoms with Crippen molar-refractivity contribution in [3.8, 4) is 41.3 Å². The molecule has 2 N–H and O–H groups in total. The number of nitrogens with one attached hydrogen (secondary N) is 1. The molecule has 5 heterocycles. The Balaban J connectivity index is 1.24. The van der Waals surface area contributed by atoms with E-state index in [-0.39, 0.29) is 28.4 Å². The number of pyridine rings is 1. The zero-order valence-corrected chi connectivity index (χ0v) is 25.3. The Hall–Kier alpha value is -4.58. The van der Waals surface area contributed by atoms with E-state index in [4.69, 9.17) is 26.1 Å². The van der Waals surface area contributed by atoms with Crippen LogP contribution in [0, 0.1) is 34.9 Å². The van der Waals surface area contributed by atoms with E-state index in [0.717, 1.165) is 51.9 Å². The molecule has 3 atom stereocenters. The molecule has 0 amide bonds. The number of hydrogen-bond donors (Lipinski definition) is 2. The lowest BCUT2D eigenvalue weighted by molar-refractivity contribution is 0.165. The van der Waals surface area contributed by atoms with Crippen molar-refractivity contribution in [1.29, 1.82) is 5.26 Å². The number of likely N-dealkylation sites (tertiary alicyclic amines) is 1. The van der Waals surface area contributed by atoms with E-state index in [1.54, 1.807) is 12.1 Å². The molecule has 4 aromatic rings. The van der Waals surface area contributed by atoms with E-state index in [0.29, 0.717) is 70.4 Å². The number of piperazine rings is 1. The highest BCUT2D eigenvalue weighted by Gasteiger charge is 2.46. The summed E-state index contributed by atoms with van der Waals surface area (Å²) >= 11 is 0. The Morgan fingerprint density at radius 1 is 1.07 bits per heavy atom.